The van der Waals surface area contributed by atoms with Crippen molar-refractivity contribution in [3.63, 3.8) is 0 Å². The number of benzene rings is 1. The van der Waals surface area contributed by atoms with E-state index < -0.39 is 0 Å². The molecule has 0 bridgehead atoms. The standard InChI is InChI=1S/C13H15N3O/c1-9-7-11(3-4-13(9)17)15-8-12-5-6-14-10(2)16-12/h3-7,15,17H,8H2,1-2H3. The van der Waals surface area contributed by atoms with E-state index in [4.69, 9.17) is 0 Å². The van der Waals surface area contributed by atoms with Gasteiger partial charge < -0.3 is 10.4 Å². The zero-order chi connectivity index (χ0) is 12.3. The minimum absolute atomic E-state index is 0.313. The summed E-state index contributed by atoms with van der Waals surface area (Å²) in [4.78, 5) is 8.35. The van der Waals surface area contributed by atoms with Gasteiger partial charge >= 0.3 is 0 Å². The number of hydrogen-bond acceptors (Lipinski definition) is 4. The van der Waals surface area contributed by atoms with Gasteiger partial charge in [0.25, 0.3) is 0 Å². The maximum absolute atomic E-state index is 9.42. The average Bonchev–Trinajstić information content (AvgIpc) is 2.31. The lowest BCUT2D eigenvalue weighted by Crippen LogP contribution is -2.03. The van der Waals surface area contributed by atoms with E-state index in [-0.39, 0.29) is 0 Å². The number of nitrogens with zero attached hydrogens (tertiary/aromatic N) is 2. The first-order valence-electron chi connectivity index (χ1n) is 5.47. The highest BCUT2D eigenvalue weighted by Gasteiger charge is 1.99. The summed E-state index contributed by atoms with van der Waals surface area (Å²) < 4.78 is 0. The van der Waals surface area contributed by atoms with Gasteiger partial charge in [0.2, 0.25) is 0 Å². The molecule has 1 aromatic carbocycles. The fourth-order valence-corrected chi connectivity index (χ4v) is 1.56. The van der Waals surface area contributed by atoms with Crippen molar-refractivity contribution < 1.29 is 5.11 Å². The maximum atomic E-state index is 9.42. The Morgan fingerprint density at radius 2 is 2.06 bits per heavy atom. The van der Waals surface area contributed by atoms with Crippen molar-refractivity contribution in [2.45, 2.75) is 20.4 Å². The molecule has 0 unspecified atom stereocenters. The number of anilines is 1. The first-order chi connectivity index (χ1) is 8.15. The van der Waals surface area contributed by atoms with E-state index in [1.807, 2.05) is 32.0 Å². The van der Waals surface area contributed by atoms with Gasteiger partial charge in [-0.2, -0.15) is 0 Å². The summed E-state index contributed by atoms with van der Waals surface area (Å²) in [5.41, 5.74) is 2.77. The van der Waals surface area contributed by atoms with Crippen molar-refractivity contribution in [3.05, 3.63) is 47.5 Å². The fraction of sp³-hybridized carbons (Fsp3) is 0.231. The molecule has 2 N–H and O–H groups in total. The fourth-order valence-electron chi connectivity index (χ4n) is 1.56. The number of hydrogen-bond donors (Lipinski definition) is 2. The van der Waals surface area contributed by atoms with Crippen LogP contribution in [-0.2, 0) is 6.54 Å². The maximum Gasteiger partial charge on any atom is 0.125 e. The molecule has 0 radical (unpaired) electrons. The van der Waals surface area contributed by atoms with Crippen LogP contribution in [0.5, 0.6) is 5.75 Å². The predicted molar refractivity (Wildman–Crippen MR) is 66.9 cm³/mol. The number of phenolic OH excluding ortho intramolecular Hbond substituents is 1. The topological polar surface area (TPSA) is 58.0 Å². The van der Waals surface area contributed by atoms with E-state index >= 15 is 0 Å². The van der Waals surface area contributed by atoms with E-state index in [2.05, 4.69) is 15.3 Å². The lowest BCUT2D eigenvalue weighted by Gasteiger charge is -2.07. The zero-order valence-electron chi connectivity index (χ0n) is 9.94. The van der Waals surface area contributed by atoms with E-state index in [1.165, 1.54) is 0 Å². The van der Waals surface area contributed by atoms with Crippen molar-refractivity contribution in [2.75, 3.05) is 5.32 Å². The third kappa shape index (κ3) is 2.93. The van der Waals surface area contributed by atoms with Crippen LogP contribution < -0.4 is 5.32 Å². The number of nitrogens with one attached hydrogen (secondary N) is 1. The van der Waals surface area contributed by atoms with Gasteiger partial charge in [0.1, 0.15) is 11.6 Å². The Kier molecular flexibility index (Phi) is 3.23. The van der Waals surface area contributed by atoms with E-state index in [0.29, 0.717) is 12.3 Å². The third-order valence-corrected chi connectivity index (χ3v) is 2.50. The first-order valence-corrected chi connectivity index (χ1v) is 5.47. The van der Waals surface area contributed by atoms with Crippen molar-refractivity contribution in [2.24, 2.45) is 0 Å². The first kappa shape index (κ1) is 11.4. The van der Waals surface area contributed by atoms with Crippen molar-refractivity contribution >= 4 is 5.69 Å². The predicted octanol–water partition coefficient (Wildman–Crippen LogP) is 2.41. The number of aromatic hydroxyl groups is 1. The highest BCUT2D eigenvalue weighted by Crippen LogP contribution is 2.20. The summed E-state index contributed by atoms with van der Waals surface area (Å²) in [7, 11) is 0. The van der Waals surface area contributed by atoms with Crippen LogP contribution in [0, 0.1) is 13.8 Å². The van der Waals surface area contributed by atoms with Gasteiger partial charge in [-0.15, -0.1) is 0 Å². The highest BCUT2D eigenvalue weighted by atomic mass is 16.3. The highest BCUT2D eigenvalue weighted by molar-refractivity contribution is 5.50. The van der Waals surface area contributed by atoms with Gasteiger partial charge in [-0.05, 0) is 43.7 Å². The van der Waals surface area contributed by atoms with Crippen LogP contribution in [-0.4, -0.2) is 15.1 Å². The molecule has 0 saturated carbocycles. The molecule has 4 heteroatoms. The summed E-state index contributed by atoms with van der Waals surface area (Å²) >= 11 is 0. The molecular weight excluding hydrogens is 214 g/mol. The minimum Gasteiger partial charge on any atom is -0.508 e. The smallest absolute Gasteiger partial charge is 0.125 e. The Hall–Kier alpha value is -2.10. The van der Waals surface area contributed by atoms with Gasteiger partial charge in [0.15, 0.2) is 0 Å². The number of rotatable bonds is 3. The van der Waals surface area contributed by atoms with Crippen LogP contribution in [0.3, 0.4) is 0 Å². The molecule has 88 valence electrons. The van der Waals surface area contributed by atoms with Crippen LogP contribution in [0.4, 0.5) is 5.69 Å². The molecule has 0 spiro atoms. The second kappa shape index (κ2) is 4.82. The second-order valence-corrected chi connectivity index (χ2v) is 3.95. The molecule has 0 aliphatic carbocycles. The average molecular weight is 229 g/mol. The Morgan fingerprint density at radius 3 is 2.76 bits per heavy atom. The SMILES string of the molecule is Cc1nccc(CNc2ccc(O)c(C)c2)n1. The molecule has 1 aromatic heterocycles. The molecule has 17 heavy (non-hydrogen) atoms. The molecule has 0 amide bonds. The Bertz CT molecular complexity index is 526. The van der Waals surface area contributed by atoms with Gasteiger partial charge in [-0.25, -0.2) is 9.97 Å². The van der Waals surface area contributed by atoms with Gasteiger partial charge in [0.05, 0.1) is 12.2 Å². The molecule has 2 rings (SSSR count). The molecule has 2 aromatic rings. The van der Waals surface area contributed by atoms with E-state index in [0.717, 1.165) is 22.8 Å². The quantitative estimate of drug-likeness (QED) is 0.793. The van der Waals surface area contributed by atoms with E-state index in [1.54, 1.807) is 12.3 Å². The summed E-state index contributed by atoms with van der Waals surface area (Å²) in [6.07, 6.45) is 1.75. The van der Waals surface area contributed by atoms with Crippen molar-refractivity contribution in [1.29, 1.82) is 0 Å². The summed E-state index contributed by atoms with van der Waals surface area (Å²) in [5.74, 6) is 1.08. The number of aryl methyl sites for hydroxylation is 2. The normalized spacial score (nSPS) is 10.2. The Morgan fingerprint density at radius 1 is 1.24 bits per heavy atom. The molecular formula is C13H15N3O. The third-order valence-electron chi connectivity index (χ3n) is 2.50. The molecule has 0 aliphatic rings. The van der Waals surface area contributed by atoms with Gasteiger partial charge in [-0.3, -0.25) is 0 Å². The molecule has 0 atom stereocenters. The summed E-state index contributed by atoms with van der Waals surface area (Å²) in [6.45, 7) is 4.39. The van der Waals surface area contributed by atoms with Crippen molar-refractivity contribution in [1.82, 2.24) is 9.97 Å². The molecule has 1 heterocycles. The van der Waals surface area contributed by atoms with E-state index in [9.17, 15) is 5.11 Å². The zero-order valence-corrected chi connectivity index (χ0v) is 9.94. The minimum atomic E-state index is 0.313. The Labute approximate surface area is 100 Å². The monoisotopic (exact) mass is 229 g/mol. The lowest BCUT2D eigenvalue weighted by atomic mass is 10.2. The van der Waals surface area contributed by atoms with Crippen LogP contribution in [0.2, 0.25) is 0 Å². The molecule has 0 fully saturated rings. The second-order valence-electron chi connectivity index (χ2n) is 3.95. The van der Waals surface area contributed by atoms with Crippen molar-refractivity contribution in [3.8, 4) is 5.75 Å². The van der Waals surface area contributed by atoms with Crippen LogP contribution in [0.15, 0.2) is 30.5 Å². The number of phenols is 1. The molecule has 0 aliphatic heterocycles. The largest absolute Gasteiger partial charge is 0.508 e. The van der Waals surface area contributed by atoms with Crippen LogP contribution >= 0.6 is 0 Å². The van der Waals surface area contributed by atoms with Crippen LogP contribution in [0.25, 0.3) is 0 Å². The Balaban J connectivity index is 2.05. The summed E-state index contributed by atoms with van der Waals surface area (Å²) in [6, 6.07) is 7.32. The molecule has 0 saturated heterocycles. The molecule has 4 nitrogen and oxygen atoms in total. The lowest BCUT2D eigenvalue weighted by molar-refractivity contribution is 0.471. The van der Waals surface area contributed by atoms with Gasteiger partial charge in [-0.1, -0.05) is 0 Å². The van der Waals surface area contributed by atoms with Gasteiger partial charge in [0, 0.05) is 11.9 Å². The summed E-state index contributed by atoms with van der Waals surface area (Å²) in [5, 5.41) is 12.7. The van der Waals surface area contributed by atoms with Crippen LogP contribution in [0.1, 0.15) is 17.1 Å². The number of aromatic nitrogens is 2.